The second-order valence-corrected chi connectivity index (χ2v) is 7.05. The zero-order valence-corrected chi connectivity index (χ0v) is 14.6. The molecule has 3 heterocycles. The Morgan fingerprint density at radius 3 is 2.35 bits per heavy atom. The molecule has 0 aromatic heterocycles. The first kappa shape index (κ1) is 15.5. The van der Waals surface area contributed by atoms with Gasteiger partial charge in [-0.3, -0.25) is 19.3 Å². The summed E-state index contributed by atoms with van der Waals surface area (Å²) in [6, 6.07) is 17.8. The van der Waals surface area contributed by atoms with Crippen molar-refractivity contribution >= 4 is 17.5 Å². The fourth-order valence-corrected chi connectivity index (χ4v) is 4.47. The molecule has 0 bridgehead atoms. The number of imide groups is 1. The minimum absolute atomic E-state index is 0.168. The second kappa shape index (κ2) is 5.40. The number of amides is 2. The molecule has 2 fully saturated rings. The van der Waals surface area contributed by atoms with Crippen LogP contribution in [-0.2, 0) is 14.4 Å². The number of hydroxylamine groups is 2. The molecule has 2 saturated heterocycles. The van der Waals surface area contributed by atoms with E-state index in [2.05, 4.69) is 11.0 Å². The molecule has 132 valence electrons. The van der Waals surface area contributed by atoms with Crippen LogP contribution in [-0.4, -0.2) is 42.0 Å². The molecule has 2 aromatic carbocycles. The fraction of sp³-hybridized carbons (Fsp3) is 0.300. The third-order valence-electron chi connectivity index (χ3n) is 5.71. The topological polar surface area (TPSA) is 53.1 Å². The number of hydrogen-bond acceptors (Lipinski definition) is 5. The van der Waals surface area contributed by atoms with Gasteiger partial charge in [0.1, 0.15) is 6.17 Å². The van der Waals surface area contributed by atoms with Gasteiger partial charge in [0.25, 0.3) is 5.91 Å². The van der Waals surface area contributed by atoms with Crippen LogP contribution in [0.25, 0.3) is 0 Å². The van der Waals surface area contributed by atoms with Crippen molar-refractivity contribution in [1.29, 1.82) is 0 Å². The molecule has 0 spiro atoms. The van der Waals surface area contributed by atoms with Crippen LogP contribution in [0, 0.1) is 5.92 Å². The summed E-state index contributed by atoms with van der Waals surface area (Å²) < 4.78 is 0. The molecule has 4 atom stereocenters. The van der Waals surface area contributed by atoms with E-state index in [1.807, 2.05) is 60.6 Å². The number of likely N-dealkylation sites (tertiary alicyclic amines) is 1. The molecule has 3 aliphatic rings. The van der Waals surface area contributed by atoms with E-state index in [0.717, 1.165) is 16.8 Å². The maximum absolute atomic E-state index is 12.8. The third kappa shape index (κ3) is 1.88. The summed E-state index contributed by atoms with van der Waals surface area (Å²) in [4.78, 5) is 34.7. The van der Waals surface area contributed by atoms with Crippen LogP contribution >= 0.6 is 0 Å². The summed E-state index contributed by atoms with van der Waals surface area (Å²) in [7, 11) is 3.55. The number of carbonyl (C=O) groups excluding carboxylic acids is 2. The molecule has 0 saturated carbocycles. The second-order valence-electron chi connectivity index (χ2n) is 7.05. The summed E-state index contributed by atoms with van der Waals surface area (Å²) >= 11 is 0. The first-order valence-electron chi connectivity index (χ1n) is 8.73. The number of carbonyl (C=O) groups is 2. The highest BCUT2D eigenvalue weighted by Gasteiger charge is 2.62. The monoisotopic (exact) mass is 349 g/mol. The standard InChI is InChI=1S/C20H19N3O3/c1-21-14-11-7-6-10-13(14)16-15-17(20(25)22(2)19(15)24)26-23(16)18(21)12-8-4-3-5-9-12/h3-11,15-18H,1-2H3/t15-,16-,17+,18-/m1/s1. The van der Waals surface area contributed by atoms with Crippen LogP contribution in [0.4, 0.5) is 5.69 Å². The first-order valence-corrected chi connectivity index (χ1v) is 8.73. The molecule has 2 aromatic rings. The van der Waals surface area contributed by atoms with Crippen molar-refractivity contribution in [2.45, 2.75) is 18.3 Å². The van der Waals surface area contributed by atoms with Crippen molar-refractivity contribution in [3.63, 3.8) is 0 Å². The molecule has 0 unspecified atom stereocenters. The van der Waals surface area contributed by atoms with E-state index in [9.17, 15) is 9.59 Å². The van der Waals surface area contributed by atoms with Crippen LogP contribution in [0.2, 0.25) is 0 Å². The van der Waals surface area contributed by atoms with E-state index in [1.54, 1.807) is 0 Å². The van der Waals surface area contributed by atoms with Gasteiger partial charge in [0.2, 0.25) is 5.91 Å². The number of para-hydroxylation sites is 1. The Balaban J connectivity index is 1.69. The van der Waals surface area contributed by atoms with E-state index >= 15 is 0 Å². The Morgan fingerprint density at radius 1 is 0.885 bits per heavy atom. The lowest BCUT2D eigenvalue weighted by atomic mass is 9.87. The van der Waals surface area contributed by atoms with Crippen molar-refractivity contribution in [2.75, 3.05) is 19.0 Å². The van der Waals surface area contributed by atoms with E-state index < -0.39 is 12.0 Å². The van der Waals surface area contributed by atoms with Crippen LogP contribution < -0.4 is 4.90 Å². The van der Waals surface area contributed by atoms with Gasteiger partial charge in [-0.25, -0.2) is 0 Å². The maximum Gasteiger partial charge on any atom is 0.261 e. The number of hydrogen-bond donors (Lipinski definition) is 0. The zero-order valence-electron chi connectivity index (χ0n) is 14.6. The fourth-order valence-electron chi connectivity index (χ4n) is 4.47. The lowest BCUT2D eigenvalue weighted by Crippen LogP contribution is -2.46. The Labute approximate surface area is 151 Å². The summed E-state index contributed by atoms with van der Waals surface area (Å²) in [6.07, 6.45) is -0.948. The molecule has 2 amide bonds. The van der Waals surface area contributed by atoms with E-state index in [0.29, 0.717) is 0 Å². The molecular formula is C20H19N3O3. The molecule has 6 heteroatoms. The average molecular weight is 349 g/mol. The maximum atomic E-state index is 12.8. The quantitative estimate of drug-likeness (QED) is 0.738. The molecule has 0 N–H and O–H groups in total. The number of benzene rings is 2. The minimum Gasteiger partial charge on any atom is -0.353 e. The lowest BCUT2D eigenvalue weighted by Gasteiger charge is -2.45. The number of anilines is 1. The predicted octanol–water partition coefficient (Wildman–Crippen LogP) is 2.11. The Morgan fingerprint density at radius 2 is 1.58 bits per heavy atom. The summed E-state index contributed by atoms with van der Waals surface area (Å²) in [6.45, 7) is 0. The van der Waals surface area contributed by atoms with Crippen LogP contribution in [0.15, 0.2) is 54.6 Å². The number of likely N-dealkylation sites (N-methyl/N-ethyl adjacent to an activating group) is 1. The molecule has 26 heavy (non-hydrogen) atoms. The molecule has 0 aliphatic carbocycles. The van der Waals surface area contributed by atoms with Crippen LogP contribution in [0.5, 0.6) is 0 Å². The molecule has 6 nitrogen and oxygen atoms in total. The highest BCUT2D eigenvalue weighted by molar-refractivity contribution is 6.07. The first-order chi connectivity index (χ1) is 12.6. The van der Waals surface area contributed by atoms with Gasteiger partial charge in [-0.2, -0.15) is 5.06 Å². The number of fused-ring (bicyclic) bond motifs is 5. The lowest BCUT2D eigenvalue weighted by molar-refractivity contribution is -0.200. The third-order valence-corrected chi connectivity index (χ3v) is 5.71. The number of nitrogens with zero attached hydrogens (tertiary/aromatic N) is 3. The number of rotatable bonds is 1. The van der Waals surface area contributed by atoms with E-state index in [1.165, 1.54) is 11.9 Å². The van der Waals surface area contributed by atoms with Gasteiger partial charge in [-0.05, 0) is 17.2 Å². The Bertz CT molecular complexity index is 900. The van der Waals surface area contributed by atoms with Crippen LogP contribution in [0.3, 0.4) is 0 Å². The van der Waals surface area contributed by atoms with E-state index in [-0.39, 0.29) is 24.0 Å². The van der Waals surface area contributed by atoms with Crippen molar-refractivity contribution in [2.24, 2.45) is 5.92 Å². The van der Waals surface area contributed by atoms with Gasteiger partial charge >= 0.3 is 0 Å². The van der Waals surface area contributed by atoms with Crippen molar-refractivity contribution in [3.05, 3.63) is 65.7 Å². The molecule has 5 rings (SSSR count). The van der Waals surface area contributed by atoms with Gasteiger partial charge in [0, 0.05) is 19.8 Å². The van der Waals surface area contributed by atoms with Crippen molar-refractivity contribution in [3.8, 4) is 0 Å². The Hall–Kier alpha value is -2.70. The van der Waals surface area contributed by atoms with Crippen LogP contribution in [0.1, 0.15) is 23.3 Å². The predicted molar refractivity (Wildman–Crippen MR) is 94.7 cm³/mol. The van der Waals surface area contributed by atoms with Crippen molar-refractivity contribution in [1.82, 2.24) is 9.96 Å². The van der Waals surface area contributed by atoms with Gasteiger partial charge in [0.15, 0.2) is 6.10 Å². The van der Waals surface area contributed by atoms with Gasteiger partial charge in [-0.15, -0.1) is 0 Å². The largest absolute Gasteiger partial charge is 0.353 e. The normalized spacial score (nSPS) is 30.4. The highest BCUT2D eigenvalue weighted by Crippen LogP contribution is 2.54. The molecular weight excluding hydrogens is 330 g/mol. The van der Waals surface area contributed by atoms with Crippen molar-refractivity contribution < 1.29 is 14.4 Å². The summed E-state index contributed by atoms with van der Waals surface area (Å²) in [5.74, 6) is -0.937. The average Bonchev–Trinajstić information content (AvgIpc) is 3.15. The summed E-state index contributed by atoms with van der Waals surface area (Å²) in [5.41, 5.74) is 3.13. The molecule has 3 aliphatic heterocycles. The smallest absolute Gasteiger partial charge is 0.261 e. The molecule has 0 radical (unpaired) electrons. The SMILES string of the molecule is CN1C(=O)[C@H]2[C@H](ON3[C@@H]2c2ccccc2N(C)[C@H]3c2ccccc2)C1=O. The minimum atomic E-state index is -0.747. The highest BCUT2D eigenvalue weighted by atomic mass is 16.7. The van der Waals surface area contributed by atoms with Gasteiger partial charge in [0.05, 0.1) is 12.0 Å². The van der Waals surface area contributed by atoms with Gasteiger partial charge in [-0.1, -0.05) is 48.5 Å². The van der Waals surface area contributed by atoms with E-state index in [4.69, 9.17) is 4.84 Å². The van der Waals surface area contributed by atoms with Gasteiger partial charge < -0.3 is 4.90 Å². The zero-order chi connectivity index (χ0) is 18.0. The summed E-state index contributed by atoms with van der Waals surface area (Å²) in [5, 5.41) is 1.84. The Kier molecular flexibility index (Phi) is 3.23.